The first-order valence-electron chi connectivity index (χ1n) is 10.6. The van der Waals surface area contributed by atoms with Gasteiger partial charge in [0.15, 0.2) is 5.11 Å². The van der Waals surface area contributed by atoms with Gasteiger partial charge in [-0.2, -0.15) is 0 Å². The van der Waals surface area contributed by atoms with Crippen LogP contribution in [0, 0.1) is 19.8 Å². The van der Waals surface area contributed by atoms with Crippen molar-refractivity contribution in [3.63, 3.8) is 0 Å². The van der Waals surface area contributed by atoms with Gasteiger partial charge in [0.2, 0.25) is 0 Å². The minimum Gasteiger partial charge on any atom is -0.352 e. The first-order chi connectivity index (χ1) is 14.5. The molecule has 1 fully saturated rings. The number of benzene rings is 1. The summed E-state index contributed by atoms with van der Waals surface area (Å²) in [4.78, 5) is 7.01. The van der Waals surface area contributed by atoms with Crippen LogP contribution < -0.4 is 5.32 Å². The molecule has 0 aliphatic carbocycles. The van der Waals surface area contributed by atoms with E-state index in [-0.39, 0.29) is 12.1 Å². The Morgan fingerprint density at radius 1 is 1.07 bits per heavy atom. The first-order valence-corrected chi connectivity index (χ1v) is 11.0. The van der Waals surface area contributed by atoms with Crippen LogP contribution in [0.3, 0.4) is 0 Å². The van der Waals surface area contributed by atoms with Gasteiger partial charge in [-0.15, -0.1) is 0 Å². The quantitative estimate of drug-likeness (QED) is 0.560. The van der Waals surface area contributed by atoms with Gasteiger partial charge in [0.05, 0.1) is 17.8 Å². The third-order valence-electron chi connectivity index (χ3n) is 5.87. The van der Waals surface area contributed by atoms with Crippen molar-refractivity contribution in [2.24, 2.45) is 5.92 Å². The molecule has 4 rings (SSSR count). The van der Waals surface area contributed by atoms with Gasteiger partial charge in [-0.3, -0.25) is 4.98 Å². The normalized spacial score (nSPS) is 18.8. The van der Waals surface area contributed by atoms with E-state index in [1.807, 2.05) is 18.3 Å². The number of nitrogens with one attached hydrogen (secondary N) is 1. The van der Waals surface area contributed by atoms with Crippen molar-refractivity contribution in [1.82, 2.24) is 19.8 Å². The maximum absolute atomic E-state index is 5.78. The van der Waals surface area contributed by atoms with E-state index in [1.54, 1.807) is 0 Å². The van der Waals surface area contributed by atoms with Crippen molar-refractivity contribution in [1.29, 1.82) is 0 Å². The van der Waals surface area contributed by atoms with E-state index in [0.717, 1.165) is 23.9 Å². The Hall–Kier alpha value is -2.66. The molecule has 3 heterocycles. The molecule has 0 unspecified atom stereocenters. The largest absolute Gasteiger partial charge is 0.352 e. The van der Waals surface area contributed by atoms with Crippen LogP contribution in [0.4, 0.5) is 0 Å². The average molecular weight is 419 g/mol. The van der Waals surface area contributed by atoms with E-state index >= 15 is 0 Å². The van der Waals surface area contributed by atoms with Crippen LogP contribution in [0.1, 0.15) is 54.1 Å². The molecule has 2 aromatic heterocycles. The molecule has 30 heavy (non-hydrogen) atoms. The lowest BCUT2D eigenvalue weighted by atomic mass is 9.96. The number of hydrogen-bond acceptors (Lipinski definition) is 2. The molecule has 2 atom stereocenters. The number of thiocarbonyl (C=S) groups is 1. The predicted molar refractivity (Wildman–Crippen MR) is 126 cm³/mol. The molecule has 1 saturated heterocycles. The van der Waals surface area contributed by atoms with Gasteiger partial charge >= 0.3 is 0 Å². The highest BCUT2D eigenvalue weighted by atomic mass is 32.1. The second-order valence-electron chi connectivity index (χ2n) is 8.57. The lowest BCUT2D eigenvalue weighted by Crippen LogP contribution is -2.33. The molecular weight excluding hydrogens is 388 g/mol. The summed E-state index contributed by atoms with van der Waals surface area (Å²) < 4.78 is 2.41. The highest BCUT2D eigenvalue weighted by molar-refractivity contribution is 7.80. The van der Waals surface area contributed by atoms with Crippen LogP contribution in [0.15, 0.2) is 60.8 Å². The molecule has 0 amide bonds. The Morgan fingerprint density at radius 3 is 2.47 bits per heavy atom. The minimum atomic E-state index is 0.0446. The van der Waals surface area contributed by atoms with Crippen LogP contribution in [-0.4, -0.2) is 26.1 Å². The van der Waals surface area contributed by atoms with Crippen molar-refractivity contribution in [2.45, 2.75) is 46.3 Å². The topological polar surface area (TPSA) is 33.1 Å². The summed E-state index contributed by atoms with van der Waals surface area (Å²) >= 11 is 5.78. The van der Waals surface area contributed by atoms with Gasteiger partial charge in [0, 0.05) is 30.7 Å². The lowest BCUT2D eigenvalue weighted by molar-refractivity contribution is 0.286. The van der Waals surface area contributed by atoms with E-state index in [1.165, 1.54) is 22.5 Å². The molecule has 0 radical (unpaired) electrons. The average Bonchev–Trinajstić information content (AvgIpc) is 3.20. The maximum atomic E-state index is 5.78. The fourth-order valence-electron chi connectivity index (χ4n) is 4.47. The summed E-state index contributed by atoms with van der Waals surface area (Å²) in [6.45, 7) is 10.7. The molecule has 3 aromatic rings. The maximum Gasteiger partial charge on any atom is 0.170 e. The van der Waals surface area contributed by atoms with Gasteiger partial charge < -0.3 is 14.8 Å². The summed E-state index contributed by atoms with van der Waals surface area (Å²) in [5.74, 6) is 0.516. The zero-order chi connectivity index (χ0) is 21.3. The third kappa shape index (κ3) is 3.99. The Kier molecular flexibility index (Phi) is 5.91. The minimum absolute atomic E-state index is 0.0446. The summed E-state index contributed by atoms with van der Waals surface area (Å²) in [5.41, 5.74) is 6.23. The van der Waals surface area contributed by atoms with Crippen molar-refractivity contribution in [3.8, 4) is 0 Å². The Balaban J connectivity index is 1.76. The van der Waals surface area contributed by atoms with Gasteiger partial charge in [-0.1, -0.05) is 50.2 Å². The fourth-order valence-corrected chi connectivity index (χ4v) is 4.79. The number of aromatic nitrogens is 2. The number of pyridine rings is 1. The van der Waals surface area contributed by atoms with Crippen LogP contribution >= 0.6 is 12.2 Å². The summed E-state index contributed by atoms with van der Waals surface area (Å²) in [6.07, 6.45) is 1.86. The summed E-state index contributed by atoms with van der Waals surface area (Å²) in [6, 6.07) is 19.3. The predicted octanol–water partition coefficient (Wildman–Crippen LogP) is 5.18. The third-order valence-corrected chi connectivity index (χ3v) is 6.23. The van der Waals surface area contributed by atoms with Crippen LogP contribution in [0.5, 0.6) is 0 Å². The fraction of sp³-hybridized carbons (Fsp3) is 0.360. The van der Waals surface area contributed by atoms with Crippen molar-refractivity contribution >= 4 is 17.3 Å². The van der Waals surface area contributed by atoms with Crippen LogP contribution in [0.25, 0.3) is 0 Å². The molecular formula is C25H30N4S. The molecule has 0 bridgehead atoms. The highest BCUT2D eigenvalue weighted by Crippen LogP contribution is 2.41. The van der Waals surface area contributed by atoms with Crippen molar-refractivity contribution in [3.05, 3.63) is 89.0 Å². The zero-order valence-electron chi connectivity index (χ0n) is 18.2. The molecule has 1 N–H and O–H groups in total. The molecule has 1 aliphatic rings. The number of nitrogens with zero attached hydrogens (tertiary/aromatic N) is 3. The van der Waals surface area contributed by atoms with Crippen molar-refractivity contribution < 1.29 is 0 Å². The SMILES string of the molecule is Cc1cc([C@@H]2[C@H](c3ccccn3)NC(=S)N2CC(C)C)c(C)n1Cc1ccccc1. The Labute approximate surface area is 184 Å². The van der Waals surface area contributed by atoms with Gasteiger partial charge in [-0.05, 0) is 61.3 Å². The molecule has 0 saturated carbocycles. The summed E-state index contributed by atoms with van der Waals surface area (Å²) in [5, 5.41) is 4.38. The van der Waals surface area contributed by atoms with E-state index in [0.29, 0.717) is 5.92 Å². The van der Waals surface area contributed by atoms with E-state index in [2.05, 4.69) is 89.9 Å². The molecule has 1 aromatic carbocycles. The van der Waals surface area contributed by atoms with E-state index in [9.17, 15) is 0 Å². The standard InChI is InChI=1S/C25H30N4S/c1-17(2)15-29-24(23(27-25(29)30)22-12-8-9-13-26-22)21-14-18(3)28(19(21)4)16-20-10-6-5-7-11-20/h5-14,17,23-24H,15-16H2,1-4H3,(H,27,30)/t23-,24+/m0/s1. The number of aryl methyl sites for hydroxylation is 1. The van der Waals surface area contributed by atoms with Crippen LogP contribution in [0.2, 0.25) is 0 Å². The number of hydrogen-bond donors (Lipinski definition) is 1. The van der Waals surface area contributed by atoms with Gasteiger partial charge in [0.1, 0.15) is 0 Å². The highest BCUT2D eigenvalue weighted by Gasteiger charge is 2.41. The van der Waals surface area contributed by atoms with Crippen molar-refractivity contribution in [2.75, 3.05) is 6.54 Å². The first kappa shape index (κ1) is 20.6. The molecule has 0 spiro atoms. The van der Waals surface area contributed by atoms with Crippen LogP contribution in [-0.2, 0) is 6.54 Å². The zero-order valence-corrected chi connectivity index (χ0v) is 19.0. The Morgan fingerprint density at radius 2 is 1.80 bits per heavy atom. The second-order valence-corrected chi connectivity index (χ2v) is 8.96. The number of rotatable bonds is 6. The molecule has 5 heteroatoms. The molecule has 156 valence electrons. The monoisotopic (exact) mass is 418 g/mol. The van der Waals surface area contributed by atoms with E-state index in [4.69, 9.17) is 12.2 Å². The van der Waals surface area contributed by atoms with Gasteiger partial charge in [0.25, 0.3) is 0 Å². The summed E-state index contributed by atoms with van der Waals surface area (Å²) in [7, 11) is 0. The second kappa shape index (κ2) is 8.60. The Bertz CT molecular complexity index is 1010. The van der Waals surface area contributed by atoms with E-state index < -0.39 is 0 Å². The molecule has 1 aliphatic heterocycles. The lowest BCUT2D eigenvalue weighted by Gasteiger charge is -2.29. The molecule has 4 nitrogen and oxygen atoms in total. The smallest absolute Gasteiger partial charge is 0.170 e. The van der Waals surface area contributed by atoms with Gasteiger partial charge in [-0.25, -0.2) is 0 Å².